The molecule has 0 saturated heterocycles. The molecular weight excluding hydrogens is 312 g/mol. The first-order chi connectivity index (χ1) is 9.87. The minimum atomic E-state index is -3.71. The Labute approximate surface area is 129 Å². The number of aromatic nitrogens is 1. The second kappa shape index (κ2) is 6.41. The number of hydrogen-bond acceptors (Lipinski definition) is 6. The maximum Gasteiger partial charge on any atom is 0.358 e. The number of carbonyl (C=O) groups excluding carboxylic acids is 1. The van der Waals surface area contributed by atoms with Crippen molar-refractivity contribution in [1.82, 2.24) is 9.29 Å². The van der Waals surface area contributed by atoms with Gasteiger partial charge in [-0.25, -0.2) is 18.2 Å². The molecule has 1 aromatic heterocycles. The molecule has 0 N–H and O–H groups in total. The van der Waals surface area contributed by atoms with Crippen molar-refractivity contribution < 1.29 is 17.9 Å². The Morgan fingerprint density at radius 3 is 2.57 bits per heavy atom. The van der Waals surface area contributed by atoms with E-state index in [2.05, 4.69) is 16.6 Å². The maximum absolute atomic E-state index is 12.7. The molecule has 0 atom stereocenters. The van der Waals surface area contributed by atoms with Crippen molar-refractivity contribution in [3.05, 3.63) is 11.2 Å². The van der Waals surface area contributed by atoms with Crippen LogP contribution in [0.3, 0.4) is 0 Å². The Morgan fingerprint density at radius 1 is 1.38 bits per heavy atom. The van der Waals surface area contributed by atoms with Crippen LogP contribution in [0.4, 0.5) is 0 Å². The predicted molar refractivity (Wildman–Crippen MR) is 79.8 cm³/mol. The minimum absolute atomic E-state index is 0.0150. The van der Waals surface area contributed by atoms with E-state index in [0.717, 1.165) is 37.0 Å². The highest BCUT2D eigenvalue weighted by Crippen LogP contribution is 2.31. The molecule has 0 spiro atoms. The smallest absolute Gasteiger partial charge is 0.358 e. The normalized spacial score (nSPS) is 23.2. The van der Waals surface area contributed by atoms with Crippen molar-refractivity contribution in [2.75, 3.05) is 14.2 Å². The average Bonchev–Trinajstić information content (AvgIpc) is 2.96. The van der Waals surface area contributed by atoms with E-state index in [9.17, 15) is 13.2 Å². The van der Waals surface area contributed by atoms with Crippen LogP contribution < -0.4 is 0 Å². The summed E-state index contributed by atoms with van der Waals surface area (Å²) in [4.78, 5) is 15.5. The summed E-state index contributed by atoms with van der Waals surface area (Å²) in [5.74, 6) is -0.0770. The molecule has 0 bridgehead atoms. The Hall–Kier alpha value is -0.990. The first-order valence-electron chi connectivity index (χ1n) is 6.87. The van der Waals surface area contributed by atoms with Crippen molar-refractivity contribution in [3.63, 3.8) is 0 Å². The molecule has 118 valence electrons. The van der Waals surface area contributed by atoms with Crippen molar-refractivity contribution >= 4 is 27.3 Å². The molecule has 0 amide bonds. The molecule has 6 nitrogen and oxygen atoms in total. The zero-order chi connectivity index (χ0) is 15.6. The van der Waals surface area contributed by atoms with E-state index in [1.54, 1.807) is 7.05 Å². The second-order valence-electron chi connectivity index (χ2n) is 5.41. The third-order valence-electron chi connectivity index (χ3n) is 4.03. The zero-order valence-corrected chi connectivity index (χ0v) is 14.0. The number of esters is 1. The lowest BCUT2D eigenvalue weighted by atomic mass is 9.87. The third-order valence-corrected chi connectivity index (χ3v) is 7.28. The lowest BCUT2D eigenvalue weighted by Crippen LogP contribution is -2.39. The third kappa shape index (κ3) is 3.27. The van der Waals surface area contributed by atoms with E-state index in [0.29, 0.717) is 5.92 Å². The van der Waals surface area contributed by atoms with Crippen LogP contribution in [0.25, 0.3) is 0 Å². The van der Waals surface area contributed by atoms with Gasteiger partial charge in [0.2, 0.25) is 0 Å². The first kappa shape index (κ1) is 16.4. The van der Waals surface area contributed by atoms with Gasteiger partial charge in [0.25, 0.3) is 10.0 Å². The monoisotopic (exact) mass is 332 g/mol. The van der Waals surface area contributed by atoms with Gasteiger partial charge in [0.15, 0.2) is 9.90 Å². The van der Waals surface area contributed by atoms with E-state index in [1.165, 1.54) is 16.9 Å². The molecule has 0 unspecified atom stereocenters. The fourth-order valence-corrected chi connectivity index (χ4v) is 5.30. The van der Waals surface area contributed by atoms with Crippen LogP contribution in [0, 0.1) is 5.92 Å². The van der Waals surface area contributed by atoms with Gasteiger partial charge < -0.3 is 4.74 Å². The Morgan fingerprint density at radius 2 is 2.00 bits per heavy atom. The molecule has 0 aromatic carbocycles. The summed E-state index contributed by atoms with van der Waals surface area (Å²) in [6, 6.07) is -0.0150. The van der Waals surface area contributed by atoms with Crippen LogP contribution in [0.1, 0.15) is 43.1 Å². The highest BCUT2D eigenvalue weighted by molar-refractivity contribution is 7.91. The maximum atomic E-state index is 12.7. The fourth-order valence-electron chi connectivity index (χ4n) is 2.58. The van der Waals surface area contributed by atoms with Gasteiger partial charge in [-0.3, -0.25) is 0 Å². The molecule has 1 saturated carbocycles. The number of carbonyl (C=O) groups is 1. The van der Waals surface area contributed by atoms with Gasteiger partial charge in [-0.1, -0.05) is 6.92 Å². The van der Waals surface area contributed by atoms with Crippen LogP contribution in [0.2, 0.25) is 0 Å². The van der Waals surface area contributed by atoms with Crippen molar-refractivity contribution in [3.8, 4) is 0 Å². The van der Waals surface area contributed by atoms with Crippen LogP contribution in [0.5, 0.6) is 0 Å². The minimum Gasteiger partial charge on any atom is -0.464 e. The number of methoxy groups -OCH3 is 1. The lowest BCUT2D eigenvalue weighted by molar-refractivity contribution is 0.0590. The standard InChI is InChI=1S/C13H20N2O4S2/c1-9-4-6-10(7-5-9)15(2)21(17,18)13-11(12(16)19-3)14-8-20-13/h8-10H,4-7H2,1-3H3. The summed E-state index contributed by atoms with van der Waals surface area (Å²) in [5, 5.41) is 0. The van der Waals surface area contributed by atoms with E-state index in [1.807, 2.05) is 0 Å². The Balaban J connectivity index is 2.26. The number of rotatable bonds is 4. The van der Waals surface area contributed by atoms with Crippen molar-refractivity contribution in [2.24, 2.45) is 5.92 Å². The molecule has 1 aromatic rings. The number of ether oxygens (including phenoxy) is 1. The Bertz CT molecular complexity index is 603. The topological polar surface area (TPSA) is 76.6 Å². The van der Waals surface area contributed by atoms with Gasteiger partial charge in [-0.05, 0) is 31.6 Å². The SMILES string of the molecule is COC(=O)c1ncsc1S(=O)(=O)N(C)C1CCC(C)CC1. The molecule has 1 aliphatic carbocycles. The fraction of sp³-hybridized carbons (Fsp3) is 0.692. The molecule has 2 rings (SSSR count). The summed E-state index contributed by atoms with van der Waals surface area (Å²) < 4.78 is 31.4. The largest absolute Gasteiger partial charge is 0.464 e. The molecule has 1 fully saturated rings. The van der Waals surface area contributed by atoms with Gasteiger partial charge >= 0.3 is 5.97 Å². The van der Waals surface area contributed by atoms with Gasteiger partial charge in [-0.2, -0.15) is 4.31 Å². The molecular formula is C13H20N2O4S2. The second-order valence-corrected chi connectivity index (χ2v) is 8.46. The van der Waals surface area contributed by atoms with Gasteiger partial charge in [0.1, 0.15) is 0 Å². The molecule has 1 heterocycles. The van der Waals surface area contributed by atoms with E-state index in [4.69, 9.17) is 0 Å². The van der Waals surface area contributed by atoms with Crippen LogP contribution in [0.15, 0.2) is 9.72 Å². The van der Waals surface area contributed by atoms with Gasteiger partial charge in [0.05, 0.1) is 12.6 Å². The highest BCUT2D eigenvalue weighted by atomic mass is 32.2. The first-order valence-corrected chi connectivity index (χ1v) is 9.19. The van der Waals surface area contributed by atoms with E-state index in [-0.39, 0.29) is 15.9 Å². The number of nitrogens with zero attached hydrogens (tertiary/aromatic N) is 2. The molecule has 0 radical (unpaired) electrons. The summed E-state index contributed by atoms with van der Waals surface area (Å²) in [6.07, 6.45) is 3.75. The number of sulfonamides is 1. The van der Waals surface area contributed by atoms with Crippen LogP contribution >= 0.6 is 11.3 Å². The highest BCUT2D eigenvalue weighted by Gasteiger charge is 2.35. The summed E-state index contributed by atoms with van der Waals surface area (Å²) in [5.41, 5.74) is 1.23. The van der Waals surface area contributed by atoms with E-state index < -0.39 is 16.0 Å². The van der Waals surface area contributed by atoms with Crippen LogP contribution in [-0.2, 0) is 14.8 Å². The Kier molecular flexibility index (Phi) is 5.00. The van der Waals surface area contributed by atoms with Crippen molar-refractivity contribution in [2.45, 2.75) is 42.9 Å². The van der Waals surface area contributed by atoms with Gasteiger partial charge in [-0.15, -0.1) is 11.3 Å². The lowest BCUT2D eigenvalue weighted by Gasteiger charge is -2.32. The molecule has 1 aliphatic rings. The summed E-state index contributed by atoms with van der Waals surface area (Å²) in [7, 11) is -0.917. The van der Waals surface area contributed by atoms with E-state index >= 15 is 0 Å². The van der Waals surface area contributed by atoms with Gasteiger partial charge in [0, 0.05) is 13.1 Å². The molecule has 8 heteroatoms. The quantitative estimate of drug-likeness (QED) is 0.790. The number of thiazole rings is 1. The summed E-state index contributed by atoms with van der Waals surface area (Å²) >= 11 is 0.951. The number of hydrogen-bond donors (Lipinski definition) is 0. The average molecular weight is 332 g/mol. The van der Waals surface area contributed by atoms with Crippen molar-refractivity contribution in [1.29, 1.82) is 0 Å². The van der Waals surface area contributed by atoms with Crippen LogP contribution in [-0.4, -0.2) is 43.9 Å². The zero-order valence-electron chi connectivity index (χ0n) is 12.4. The summed E-state index contributed by atoms with van der Waals surface area (Å²) in [6.45, 7) is 2.18. The molecule has 21 heavy (non-hydrogen) atoms. The predicted octanol–water partition coefficient (Wildman–Crippen LogP) is 2.13. The molecule has 0 aliphatic heterocycles.